The summed E-state index contributed by atoms with van der Waals surface area (Å²) in [7, 11) is 0. The van der Waals surface area contributed by atoms with Gasteiger partial charge in [0.2, 0.25) is 0 Å². The quantitative estimate of drug-likeness (QED) is 0.493. The second kappa shape index (κ2) is 9.47. The van der Waals surface area contributed by atoms with E-state index in [1.54, 1.807) is 18.2 Å². The predicted octanol–water partition coefficient (Wildman–Crippen LogP) is 4.33. The summed E-state index contributed by atoms with van der Waals surface area (Å²) < 4.78 is 11.1. The Morgan fingerprint density at radius 2 is 2.00 bits per heavy atom. The fraction of sp³-hybridized carbons (Fsp3) is 0.550. The second-order valence-electron chi connectivity index (χ2n) is 6.34. The van der Waals surface area contributed by atoms with Crippen molar-refractivity contribution in [2.45, 2.75) is 58.3 Å². The number of aliphatic hydroxyl groups excluding tert-OH is 1. The molecule has 0 fully saturated rings. The first-order valence-electron chi connectivity index (χ1n) is 9.15. The Morgan fingerprint density at radius 1 is 1.20 bits per heavy atom. The summed E-state index contributed by atoms with van der Waals surface area (Å²) in [5.41, 5.74) is 0.282. The third-order valence-electron chi connectivity index (χ3n) is 4.51. The monoisotopic (exact) mass is 348 g/mol. The molecule has 0 aliphatic heterocycles. The van der Waals surface area contributed by atoms with Gasteiger partial charge >= 0.3 is 5.63 Å². The standard InChI is InChI=1S/C20H28O5/c1-3-5-8-14(4-2)18-19(22)16-13-15(24-12-7-6-11-21)9-10-17(16)25-20(18)23/h9-10,13-14,21-22H,3-8,11-12H2,1-2H3. The molecule has 0 saturated carbocycles. The lowest BCUT2D eigenvalue weighted by Gasteiger charge is -2.16. The van der Waals surface area contributed by atoms with Gasteiger partial charge in [-0.2, -0.15) is 0 Å². The highest BCUT2D eigenvalue weighted by molar-refractivity contribution is 5.85. The van der Waals surface area contributed by atoms with Crippen LogP contribution in [-0.4, -0.2) is 23.4 Å². The van der Waals surface area contributed by atoms with Crippen LogP contribution in [0.5, 0.6) is 11.5 Å². The molecule has 0 saturated heterocycles. The van der Waals surface area contributed by atoms with Crippen molar-refractivity contribution in [3.8, 4) is 11.5 Å². The van der Waals surface area contributed by atoms with E-state index in [-0.39, 0.29) is 18.3 Å². The topological polar surface area (TPSA) is 79.9 Å². The molecule has 5 heteroatoms. The number of aromatic hydroxyl groups is 1. The average Bonchev–Trinajstić information content (AvgIpc) is 2.62. The number of hydrogen-bond acceptors (Lipinski definition) is 5. The molecule has 0 aliphatic carbocycles. The molecular formula is C20H28O5. The third-order valence-corrected chi connectivity index (χ3v) is 4.51. The van der Waals surface area contributed by atoms with Crippen molar-refractivity contribution in [2.24, 2.45) is 0 Å². The molecule has 0 aliphatic rings. The van der Waals surface area contributed by atoms with Crippen LogP contribution in [0.3, 0.4) is 0 Å². The Labute approximate surface area is 148 Å². The first kappa shape index (κ1) is 19.3. The number of benzene rings is 1. The van der Waals surface area contributed by atoms with Crippen LogP contribution in [0.4, 0.5) is 0 Å². The maximum absolute atomic E-state index is 12.4. The third kappa shape index (κ3) is 4.75. The van der Waals surface area contributed by atoms with Crippen LogP contribution in [-0.2, 0) is 0 Å². The number of aliphatic hydroxyl groups is 1. The number of rotatable bonds is 10. The zero-order valence-corrected chi connectivity index (χ0v) is 15.1. The van der Waals surface area contributed by atoms with Gasteiger partial charge in [0.05, 0.1) is 17.6 Å². The molecule has 1 aromatic heterocycles. The lowest BCUT2D eigenvalue weighted by Crippen LogP contribution is -2.13. The minimum absolute atomic E-state index is 0.00488. The summed E-state index contributed by atoms with van der Waals surface area (Å²) in [6, 6.07) is 5.08. The van der Waals surface area contributed by atoms with E-state index in [9.17, 15) is 9.90 Å². The van der Waals surface area contributed by atoms with E-state index in [1.807, 2.05) is 6.92 Å². The second-order valence-corrected chi connectivity index (χ2v) is 6.34. The van der Waals surface area contributed by atoms with Crippen molar-refractivity contribution >= 4 is 11.0 Å². The molecule has 2 rings (SSSR count). The van der Waals surface area contributed by atoms with Crippen molar-refractivity contribution in [1.82, 2.24) is 0 Å². The summed E-state index contributed by atoms with van der Waals surface area (Å²) in [6.45, 7) is 4.76. The van der Waals surface area contributed by atoms with Gasteiger partial charge in [0.25, 0.3) is 0 Å². The number of unbranched alkanes of at least 4 members (excludes halogenated alkanes) is 2. The smallest absolute Gasteiger partial charge is 0.343 e. The van der Waals surface area contributed by atoms with Crippen LogP contribution < -0.4 is 10.4 Å². The van der Waals surface area contributed by atoms with Crippen LogP contribution >= 0.6 is 0 Å². The lowest BCUT2D eigenvalue weighted by atomic mass is 9.91. The highest BCUT2D eigenvalue weighted by atomic mass is 16.5. The highest BCUT2D eigenvalue weighted by Crippen LogP contribution is 2.36. The van der Waals surface area contributed by atoms with Gasteiger partial charge in [0, 0.05) is 6.61 Å². The molecule has 1 unspecified atom stereocenters. The van der Waals surface area contributed by atoms with Crippen molar-refractivity contribution in [2.75, 3.05) is 13.2 Å². The van der Waals surface area contributed by atoms with E-state index in [1.165, 1.54) is 0 Å². The molecule has 2 aromatic rings. The minimum atomic E-state index is -0.454. The van der Waals surface area contributed by atoms with Crippen molar-refractivity contribution in [3.63, 3.8) is 0 Å². The first-order chi connectivity index (χ1) is 12.1. The van der Waals surface area contributed by atoms with Crippen LogP contribution in [0.15, 0.2) is 27.4 Å². The number of ether oxygens (including phenoxy) is 1. The molecule has 0 spiro atoms. The van der Waals surface area contributed by atoms with E-state index in [2.05, 4.69) is 6.92 Å². The van der Waals surface area contributed by atoms with E-state index in [0.29, 0.717) is 35.3 Å². The SMILES string of the molecule is CCCCC(CC)c1c(O)c2cc(OCCCCO)ccc2oc1=O. The maximum Gasteiger partial charge on any atom is 0.343 e. The van der Waals surface area contributed by atoms with Gasteiger partial charge in [-0.25, -0.2) is 4.79 Å². The Morgan fingerprint density at radius 3 is 2.68 bits per heavy atom. The van der Waals surface area contributed by atoms with Gasteiger partial charge in [-0.15, -0.1) is 0 Å². The molecule has 0 amide bonds. The molecule has 1 atom stereocenters. The zero-order chi connectivity index (χ0) is 18.2. The van der Waals surface area contributed by atoms with Crippen molar-refractivity contribution in [1.29, 1.82) is 0 Å². The fourth-order valence-electron chi connectivity index (χ4n) is 3.04. The van der Waals surface area contributed by atoms with Crippen LogP contribution in [0.2, 0.25) is 0 Å². The normalized spacial score (nSPS) is 12.4. The number of fused-ring (bicyclic) bond motifs is 1. The molecular weight excluding hydrogens is 320 g/mol. The summed E-state index contributed by atoms with van der Waals surface area (Å²) in [6.07, 6.45) is 5.12. The molecule has 25 heavy (non-hydrogen) atoms. The van der Waals surface area contributed by atoms with Gasteiger partial charge in [0.1, 0.15) is 17.1 Å². The summed E-state index contributed by atoms with van der Waals surface area (Å²) >= 11 is 0. The van der Waals surface area contributed by atoms with Crippen LogP contribution in [0.1, 0.15) is 63.9 Å². The molecule has 0 bridgehead atoms. The van der Waals surface area contributed by atoms with E-state index in [4.69, 9.17) is 14.3 Å². The van der Waals surface area contributed by atoms with Crippen LogP contribution in [0, 0.1) is 0 Å². The van der Waals surface area contributed by atoms with Gasteiger partial charge in [-0.3, -0.25) is 0 Å². The fourth-order valence-corrected chi connectivity index (χ4v) is 3.04. The Bertz CT molecular complexity index is 735. The molecule has 1 heterocycles. The number of hydrogen-bond donors (Lipinski definition) is 2. The van der Waals surface area contributed by atoms with Crippen molar-refractivity contribution < 1.29 is 19.4 Å². The molecule has 1 aromatic carbocycles. The summed E-state index contributed by atoms with van der Waals surface area (Å²) in [4.78, 5) is 12.4. The average molecular weight is 348 g/mol. The molecule has 5 nitrogen and oxygen atoms in total. The largest absolute Gasteiger partial charge is 0.507 e. The van der Waals surface area contributed by atoms with Gasteiger partial charge < -0.3 is 19.4 Å². The van der Waals surface area contributed by atoms with E-state index < -0.39 is 5.63 Å². The predicted molar refractivity (Wildman–Crippen MR) is 98.5 cm³/mol. The molecule has 138 valence electrons. The first-order valence-corrected chi connectivity index (χ1v) is 9.15. The lowest BCUT2D eigenvalue weighted by molar-refractivity contribution is 0.253. The Hall–Kier alpha value is -2.01. The van der Waals surface area contributed by atoms with Gasteiger partial charge in [-0.05, 0) is 49.8 Å². The van der Waals surface area contributed by atoms with Gasteiger partial charge in [0.15, 0.2) is 0 Å². The summed E-state index contributed by atoms with van der Waals surface area (Å²) in [5, 5.41) is 20.0. The van der Waals surface area contributed by atoms with Crippen molar-refractivity contribution in [3.05, 3.63) is 34.2 Å². The van der Waals surface area contributed by atoms with Crippen LogP contribution in [0.25, 0.3) is 11.0 Å². The van der Waals surface area contributed by atoms with Gasteiger partial charge in [-0.1, -0.05) is 26.7 Å². The molecule has 2 N–H and O–H groups in total. The Kier molecular flexibility index (Phi) is 7.31. The Balaban J connectivity index is 2.35. The zero-order valence-electron chi connectivity index (χ0n) is 15.1. The van der Waals surface area contributed by atoms with E-state index >= 15 is 0 Å². The van der Waals surface area contributed by atoms with E-state index in [0.717, 1.165) is 32.1 Å². The molecule has 0 radical (unpaired) electrons. The highest BCUT2D eigenvalue weighted by Gasteiger charge is 2.21. The minimum Gasteiger partial charge on any atom is -0.507 e. The maximum atomic E-state index is 12.4. The summed E-state index contributed by atoms with van der Waals surface area (Å²) in [5.74, 6) is 0.617.